The molecule has 0 saturated carbocycles. The van der Waals surface area contributed by atoms with Crippen molar-refractivity contribution >= 4 is 27.5 Å². The van der Waals surface area contributed by atoms with E-state index in [1.807, 2.05) is 18.2 Å². The van der Waals surface area contributed by atoms with Crippen LogP contribution in [0.2, 0.25) is 0 Å². The second-order valence-electron chi connectivity index (χ2n) is 4.11. The van der Waals surface area contributed by atoms with E-state index in [-0.39, 0.29) is 5.91 Å². The summed E-state index contributed by atoms with van der Waals surface area (Å²) in [6.07, 6.45) is 1.54. The Balaban J connectivity index is 2.73. The quantitative estimate of drug-likeness (QED) is 0.897. The third kappa shape index (κ3) is 4.38. The molecule has 0 aliphatic carbocycles. The van der Waals surface area contributed by atoms with Gasteiger partial charge in [-0.15, -0.1) is 0 Å². The first-order valence-corrected chi connectivity index (χ1v) is 6.49. The topological polar surface area (TPSA) is 38.3 Å². The molecule has 17 heavy (non-hydrogen) atoms. The SMILES string of the molecule is CCC(C)CC(=O)Nc1cc(Br)ccc1OC. The van der Waals surface area contributed by atoms with Crippen molar-refractivity contribution in [3.63, 3.8) is 0 Å². The van der Waals surface area contributed by atoms with E-state index in [1.54, 1.807) is 7.11 Å². The minimum Gasteiger partial charge on any atom is -0.495 e. The Morgan fingerprint density at radius 2 is 2.24 bits per heavy atom. The van der Waals surface area contributed by atoms with Gasteiger partial charge in [0, 0.05) is 10.9 Å². The molecule has 0 fully saturated rings. The van der Waals surface area contributed by atoms with E-state index in [2.05, 4.69) is 35.1 Å². The zero-order valence-corrected chi connectivity index (χ0v) is 12.0. The maximum absolute atomic E-state index is 11.8. The second kappa shape index (κ2) is 6.64. The van der Waals surface area contributed by atoms with Crippen molar-refractivity contribution in [3.8, 4) is 5.75 Å². The maximum atomic E-state index is 11.8. The van der Waals surface area contributed by atoms with E-state index in [0.717, 1.165) is 10.9 Å². The molecule has 4 heteroatoms. The average molecular weight is 300 g/mol. The fourth-order valence-corrected chi connectivity index (χ4v) is 1.80. The molecule has 0 aliphatic heterocycles. The molecule has 0 radical (unpaired) electrons. The van der Waals surface area contributed by atoms with E-state index in [0.29, 0.717) is 23.8 Å². The van der Waals surface area contributed by atoms with Gasteiger partial charge in [-0.3, -0.25) is 4.79 Å². The summed E-state index contributed by atoms with van der Waals surface area (Å²) in [5, 5.41) is 2.87. The number of hydrogen-bond donors (Lipinski definition) is 1. The fourth-order valence-electron chi connectivity index (χ4n) is 1.44. The smallest absolute Gasteiger partial charge is 0.224 e. The molecule has 0 saturated heterocycles. The normalized spacial score (nSPS) is 12.0. The molecule has 0 heterocycles. The van der Waals surface area contributed by atoms with Gasteiger partial charge in [0.2, 0.25) is 5.91 Å². The molecular weight excluding hydrogens is 282 g/mol. The lowest BCUT2D eigenvalue weighted by atomic mass is 10.1. The highest BCUT2D eigenvalue weighted by atomic mass is 79.9. The number of amides is 1. The van der Waals surface area contributed by atoms with Crippen LogP contribution in [0, 0.1) is 5.92 Å². The van der Waals surface area contributed by atoms with Gasteiger partial charge in [-0.2, -0.15) is 0 Å². The second-order valence-corrected chi connectivity index (χ2v) is 5.03. The van der Waals surface area contributed by atoms with Crippen LogP contribution in [-0.4, -0.2) is 13.0 Å². The Kier molecular flexibility index (Phi) is 5.48. The predicted octanol–water partition coefficient (Wildman–Crippen LogP) is 3.83. The van der Waals surface area contributed by atoms with E-state index in [4.69, 9.17) is 4.74 Å². The van der Waals surface area contributed by atoms with Crippen molar-refractivity contribution in [1.82, 2.24) is 0 Å². The van der Waals surface area contributed by atoms with Crippen LogP contribution in [0.3, 0.4) is 0 Å². The van der Waals surface area contributed by atoms with E-state index in [9.17, 15) is 4.79 Å². The molecular formula is C13H18BrNO2. The molecule has 1 rings (SSSR count). The van der Waals surface area contributed by atoms with Gasteiger partial charge in [0.15, 0.2) is 0 Å². The molecule has 1 atom stereocenters. The summed E-state index contributed by atoms with van der Waals surface area (Å²) in [6, 6.07) is 5.54. The summed E-state index contributed by atoms with van der Waals surface area (Å²) in [7, 11) is 1.59. The first-order valence-electron chi connectivity index (χ1n) is 5.70. The highest BCUT2D eigenvalue weighted by Crippen LogP contribution is 2.28. The minimum absolute atomic E-state index is 0.0238. The number of hydrogen-bond acceptors (Lipinski definition) is 2. The van der Waals surface area contributed by atoms with Gasteiger partial charge >= 0.3 is 0 Å². The van der Waals surface area contributed by atoms with Gasteiger partial charge in [-0.25, -0.2) is 0 Å². The number of carbonyl (C=O) groups excluding carboxylic acids is 1. The highest BCUT2D eigenvalue weighted by molar-refractivity contribution is 9.10. The minimum atomic E-state index is 0.0238. The maximum Gasteiger partial charge on any atom is 0.224 e. The number of carbonyl (C=O) groups is 1. The summed E-state index contributed by atoms with van der Waals surface area (Å²) in [4.78, 5) is 11.8. The molecule has 1 unspecified atom stereocenters. The number of rotatable bonds is 5. The number of anilines is 1. The van der Waals surface area contributed by atoms with Gasteiger partial charge < -0.3 is 10.1 Å². The molecule has 1 aromatic rings. The van der Waals surface area contributed by atoms with Crippen LogP contribution in [0.4, 0.5) is 5.69 Å². The number of benzene rings is 1. The Morgan fingerprint density at radius 1 is 1.53 bits per heavy atom. The summed E-state index contributed by atoms with van der Waals surface area (Å²) in [5.74, 6) is 1.09. The molecule has 0 aromatic heterocycles. The summed E-state index contributed by atoms with van der Waals surface area (Å²) in [6.45, 7) is 4.15. The third-order valence-electron chi connectivity index (χ3n) is 2.67. The van der Waals surface area contributed by atoms with Crippen LogP contribution in [0.1, 0.15) is 26.7 Å². The van der Waals surface area contributed by atoms with Gasteiger partial charge in [-0.1, -0.05) is 36.2 Å². The largest absolute Gasteiger partial charge is 0.495 e. The van der Waals surface area contributed by atoms with Crippen molar-refractivity contribution in [2.24, 2.45) is 5.92 Å². The molecule has 3 nitrogen and oxygen atoms in total. The fraction of sp³-hybridized carbons (Fsp3) is 0.462. The van der Waals surface area contributed by atoms with Crippen LogP contribution >= 0.6 is 15.9 Å². The summed E-state index contributed by atoms with van der Waals surface area (Å²) < 4.78 is 6.11. The summed E-state index contributed by atoms with van der Waals surface area (Å²) in [5.41, 5.74) is 0.704. The first kappa shape index (κ1) is 14.0. The first-order chi connectivity index (χ1) is 8.06. The number of halogens is 1. The van der Waals surface area contributed by atoms with Crippen LogP contribution in [0.15, 0.2) is 22.7 Å². The molecule has 0 spiro atoms. The van der Waals surface area contributed by atoms with Crippen molar-refractivity contribution < 1.29 is 9.53 Å². The lowest BCUT2D eigenvalue weighted by Crippen LogP contribution is -2.15. The van der Waals surface area contributed by atoms with E-state index in [1.165, 1.54) is 0 Å². The standard InChI is InChI=1S/C13H18BrNO2/c1-4-9(2)7-13(16)15-11-8-10(14)5-6-12(11)17-3/h5-6,8-9H,4,7H2,1-3H3,(H,15,16). The lowest BCUT2D eigenvalue weighted by molar-refractivity contribution is -0.117. The van der Waals surface area contributed by atoms with E-state index < -0.39 is 0 Å². The van der Waals surface area contributed by atoms with Gasteiger partial charge in [-0.05, 0) is 24.1 Å². The monoisotopic (exact) mass is 299 g/mol. The Bertz CT molecular complexity index is 393. The van der Waals surface area contributed by atoms with Crippen LogP contribution in [0.25, 0.3) is 0 Å². The summed E-state index contributed by atoms with van der Waals surface area (Å²) >= 11 is 3.37. The average Bonchev–Trinajstić information content (AvgIpc) is 2.29. The Hall–Kier alpha value is -1.03. The van der Waals surface area contributed by atoms with Crippen LogP contribution in [-0.2, 0) is 4.79 Å². The molecule has 1 amide bonds. The van der Waals surface area contributed by atoms with Gasteiger partial charge in [0.1, 0.15) is 5.75 Å². The zero-order valence-electron chi connectivity index (χ0n) is 10.4. The molecule has 1 aromatic carbocycles. The zero-order chi connectivity index (χ0) is 12.8. The Morgan fingerprint density at radius 3 is 2.82 bits per heavy atom. The van der Waals surface area contributed by atoms with E-state index >= 15 is 0 Å². The number of nitrogens with one attached hydrogen (secondary N) is 1. The van der Waals surface area contributed by atoms with Crippen molar-refractivity contribution in [2.45, 2.75) is 26.7 Å². The Labute approximate surface area is 111 Å². The van der Waals surface area contributed by atoms with Crippen molar-refractivity contribution in [3.05, 3.63) is 22.7 Å². The lowest BCUT2D eigenvalue weighted by Gasteiger charge is -2.12. The predicted molar refractivity (Wildman–Crippen MR) is 73.4 cm³/mol. The van der Waals surface area contributed by atoms with Crippen LogP contribution < -0.4 is 10.1 Å². The molecule has 94 valence electrons. The number of ether oxygens (including phenoxy) is 1. The third-order valence-corrected chi connectivity index (χ3v) is 3.16. The van der Waals surface area contributed by atoms with Crippen molar-refractivity contribution in [2.75, 3.05) is 12.4 Å². The highest BCUT2D eigenvalue weighted by Gasteiger charge is 2.10. The van der Waals surface area contributed by atoms with Gasteiger partial charge in [0.25, 0.3) is 0 Å². The van der Waals surface area contributed by atoms with Crippen molar-refractivity contribution in [1.29, 1.82) is 0 Å². The number of methoxy groups -OCH3 is 1. The van der Waals surface area contributed by atoms with Gasteiger partial charge in [0.05, 0.1) is 12.8 Å². The molecule has 1 N–H and O–H groups in total. The molecule has 0 aliphatic rings. The van der Waals surface area contributed by atoms with Crippen LogP contribution in [0.5, 0.6) is 5.75 Å². The molecule has 0 bridgehead atoms.